The zero-order valence-corrected chi connectivity index (χ0v) is 20.2. The summed E-state index contributed by atoms with van der Waals surface area (Å²) in [5.74, 6) is -1.34. The number of methoxy groups -OCH3 is 1. The van der Waals surface area contributed by atoms with Gasteiger partial charge in [-0.3, -0.25) is 9.48 Å². The lowest BCUT2D eigenvalue weighted by molar-refractivity contribution is -0.139. The number of anilines is 1. The molecule has 0 saturated heterocycles. The Bertz CT molecular complexity index is 1470. The highest BCUT2D eigenvalue weighted by Gasteiger charge is 2.35. The molecule has 1 amide bonds. The van der Waals surface area contributed by atoms with Gasteiger partial charge in [0, 0.05) is 30.6 Å². The number of halogens is 4. The van der Waals surface area contributed by atoms with Crippen LogP contribution in [-0.2, 0) is 23.8 Å². The van der Waals surface area contributed by atoms with Gasteiger partial charge in [-0.2, -0.15) is 18.3 Å². The van der Waals surface area contributed by atoms with E-state index < -0.39 is 29.3 Å². The number of pyridine rings is 1. The molecule has 0 atom stereocenters. The fourth-order valence-corrected chi connectivity index (χ4v) is 3.92. The van der Waals surface area contributed by atoms with E-state index in [-0.39, 0.29) is 17.7 Å². The standard InChI is InChI=1S/C26H22F4N6O2/c1-38-25-21(26(28,29)30)9-19(13-33-25)35-24(37)8-17-3-2-16(7-22(17)27)18-11-31-23(32-12-18)6-15-10-34-36(14-15)20-4-5-20/h2-3,7,9-14,20H,4-6,8H2,1H3,(H,35,37). The topological polar surface area (TPSA) is 94.8 Å². The van der Waals surface area contributed by atoms with Crippen molar-refractivity contribution in [3.8, 4) is 17.0 Å². The van der Waals surface area contributed by atoms with E-state index in [1.165, 1.54) is 12.1 Å². The molecule has 1 N–H and O–H groups in total. The highest BCUT2D eigenvalue weighted by Crippen LogP contribution is 2.36. The predicted molar refractivity (Wildman–Crippen MR) is 129 cm³/mol. The molecule has 38 heavy (non-hydrogen) atoms. The first kappa shape index (κ1) is 25.3. The summed E-state index contributed by atoms with van der Waals surface area (Å²) in [6, 6.07) is 5.54. The van der Waals surface area contributed by atoms with E-state index in [1.54, 1.807) is 24.7 Å². The Morgan fingerprint density at radius 3 is 2.50 bits per heavy atom. The average Bonchev–Trinajstić information content (AvgIpc) is 3.64. The molecule has 12 heteroatoms. The van der Waals surface area contributed by atoms with Crippen LogP contribution in [0.3, 0.4) is 0 Å². The third-order valence-electron chi connectivity index (χ3n) is 6.01. The number of nitrogens with zero attached hydrogens (tertiary/aromatic N) is 5. The van der Waals surface area contributed by atoms with Crippen molar-refractivity contribution in [1.29, 1.82) is 0 Å². The number of carbonyl (C=O) groups is 1. The van der Waals surface area contributed by atoms with E-state index in [0.29, 0.717) is 35.5 Å². The van der Waals surface area contributed by atoms with Gasteiger partial charge < -0.3 is 10.1 Å². The SMILES string of the molecule is COc1ncc(NC(=O)Cc2ccc(-c3cnc(Cc4cnn(C5CC5)c4)nc3)cc2F)cc1C(F)(F)F. The minimum Gasteiger partial charge on any atom is -0.481 e. The van der Waals surface area contributed by atoms with Crippen LogP contribution in [-0.4, -0.2) is 37.7 Å². The van der Waals surface area contributed by atoms with Crippen molar-refractivity contribution in [3.63, 3.8) is 0 Å². The molecule has 1 aliphatic rings. The Morgan fingerprint density at radius 1 is 1.08 bits per heavy atom. The molecule has 1 saturated carbocycles. The Balaban J connectivity index is 1.22. The van der Waals surface area contributed by atoms with Crippen LogP contribution in [0.1, 0.15) is 41.4 Å². The Kier molecular flexibility index (Phi) is 6.79. The first-order valence-electron chi connectivity index (χ1n) is 11.7. The van der Waals surface area contributed by atoms with Gasteiger partial charge in [0.15, 0.2) is 0 Å². The number of amides is 1. The molecule has 4 aromatic rings. The maximum absolute atomic E-state index is 14.8. The van der Waals surface area contributed by atoms with Gasteiger partial charge in [-0.1, -0.05) is 12.1 Å². The van der Waals surface area contributed by atoms with Crippen molar-refractivity contribution in [2.45, 2.75) is 37.9 Å². The number of hydrogen-bond donors (Lipinski definition) is 1. The zero-order chi connectivity index (χ0) is 26.9. The van der Waals surface area contributed by atoms with E-state index in [0.717, 1.165) is 31.7 Å². The van der Waals surface area contributed by atoms with E-state index in [9.17, 15) is 22.4 Å². The molecule has 5 rings (SSSR count). The Labute approximate surface area is 214 Å². The maximum Gasteiger partial charge on any atom is 0.421 e. The van der Waals surface area contributed by atoms with Crippen LogP contribution in [0.2, 0.25) is 0 Å². The fourth-order valence-electron chi connectivity index (χ4n) is 3.92. The first-order valence-corrected chi connectivity index (χ1v) is 11.7. The lowest BCUT2D eigenvalue weighted by Crippen LogP contribution is -2.17. The van der Waals surface area contributed by atoms with E-state index in [4.69, 9.17) is 0 Å². The summed E-state index contributed by atoms with van der Waals surface area (Å²) in [4.78, 5) is 24.7. The van der Waals surface area contributed by atoms with Gasteiger partial charge in [0.2, 0.25) is 11.8 Å². The van der Waals surface area contributed by atoms with Gasteiger partial charge in [-0.25, -0.2) is 19.3 Å². The number of aromatic nitrogens is 5. The number of ether oxygens (including phenoxy) is 1. The van der Waals surface area contributed by atoms with Crippen molar-refractivity contribution in [2.24, 2.45) is 0 Å². The van der Waals surface area contributed by atoms with Gasteiger partial charge in [0.1, 0.15) is 17.2 Å². The van der Waals surface area contributed by atoms with E-state index in [2.05, 4.69) is 30.1 Å². The maximum atomic E-state index is 14.8. The van der Waals surface area contributed by atoms with Gasteiger partial charge >= 0.3 is 6.18 Å². The lowest BCUT2D eigenvalue weighted by atomic mass is 10.0. The number of nitrogens with one attached hydrogen (secondary N) is 1. The molecular weight excluding hydrogens is 504 g/mol. The quantitative estimate of drug-likeness (QED) is 0.325. The molecule has 0 unspecified atom stereocenters. The highest BCUT2D eigenvalue weighted by molar-refractivity contribution is 5.92. The van der Waals surface area contributed by atoms with Gasteiger partial charge in [0.25, 0.3) is 0 Å². The number of alkyl halides is 3. The monoisotopic (exact) mass is 526 g/mol. The number of carbonyl (C=O) groups excluding carboxylic acids is 1. The van der Waals surface area contributed by atoms with Crippen LogP contribution in [0, 0.1) is 5.82 Å². The van der Waals surface area contributed by atoms with E-state index >= 15 is 0 Å². The van der Waals surface area contributed by atoms with E-state index in [1.807, 2.05) is 10.9 Å². The molecule has 3 heterocycles. The molecule has 0 spiro atoms. The second kappa shape index (κ2) is 10.2. The summed E-state index contributed by atoms with van der Waals surface area (Å²) < 4.78 is 60.9. The fraction of sp³-hybridized carbons (Fsp3) is 0.269. The summed E-state index contributed by atoms with van der Waals surface area (Å²) in [5, 5.41) is 6.67. The van der Waals surface area contributed by atoms with Crippen molar-refractivity contribution in [1.82, 2.24) is 24.7 Å². The number of benzene rings is 1. The predicted octanol–water partition coefficient (Wildman–Crippen LogP) is 5.01. The summed E-state index contributed by atoms with van der Waals surface area (Å²) in [6.07, 6.45) is 5.77. The van der Waals surface area contributed by atoms with Crippen molar-refractivity contribution in [2.75, 3.05) is 12.4 Å². The lowest BCUT2D eigenvalue weighted by Gasteiger charge is -2.13. The second-order valence-corrected chi connectivity index (χ2v) is 8.93. The molecule has 3 aromatic heterocycles. The summed E-state index contributed by atoms with van der Waals surface area (Å²) in [5.41, 5.74) is 0.898. The molecule has 1 aliphatic carbocycles. The highest BCUT2D eigenvalue weighted by atomic mass is 19.4. The van der Waals surface area contributed by atoms with Crippen molar-refractivity contribution < 1.29 is 27.1 Å². The third-order valence-corrected chi connectivity index (χ3v) is 6.01. The largest absolute Gasteiger partial charge is 0.481 e. The van der Waals surface area contributed by atoms with Crippen molar-refractivity contribution >= 4 is 11.6 Å². The average molecular weight is 526 g/mol. The van der Waals surface area contributed by atoms with Crippen LogP contribution in [0.15, 0.2) is 55.2 Å². The zero-order valence-electron chi connectivity index (χ0n) is 20.2. The van der Waals surface area contributed by atoms with Crippen LogP contribution in [0.5, 0.6) is 5.88 Å². The Morgan fingerprint density at radius 2 is 1.84 bits per heavy atom. The number of hydrogen-bond acceptors (Lipinski definition) is 6. The number of rotatable bonds is 8. The minimum atomic E-state index is -4.72. The Hall–Kier alpha value is -4.35. The normalized spacial score (nSPS) is 13.4. The molecule has 0 bridgehead atoms. The molecule has 1 fully saturated rings. The molecule has 196 valence electrons. The van der Waals surface area contributed by atoms with Crippen LogP contribution >= 0.6 is 0 Å². The summed E-state index contributed by atoms with van der Waals surface area (Å²) in [6.45, 7) is 0. The molecule has 1 aromatic carbocycles. The van der Waals surface area contributed by atoms with Gasteiger partial charge in [-0.15, -0.1) is 0 Å². The van der Waals surface area contributed by atoms with Crippen LogP contribution < -0.4 is 10.1 Å². The van der Waals surface area contributed by atoms with Gasteiger partial charge in [0.05, 0.1) is 37.7 Å². The summed E-state index contributed by atoms with van der Waals surface area (Å²) >= 11 is 0. The minimum absolute atomic E-state index is 0.0778. The molecule has 0 radical (unpaired) electrons. The van der Waals surface area contributed by atoms with Crippen LogP contribution in [0.25, 0.3) is 11.1 Å². The molecular formula is C26H22F4N6O2. The molecule has 8 nitrogen and oxygen atoms in total. The van der Waals surface area contributed by atoms with Crippen LogP contribution in [0.4, 0.5) is 23.2 Å². The third kappa shape index (κ3) is 5.79. The smallest absolute Gasteiger partial charge is 0.421 e. The first-order chi connectivity index (χ1) is 18.2. The second-order valence-electron chi connectivity index (χ2n) is 8.93. The van der Waals surface area contributed by atoms with Crippen molar-refractivity contribution in [3.05, 3.63) is 83.6 Å². The summed E-state index contributed by atoms with van der Waals surface area (Å²) in [7, 11) is 1.06. The molecule has 0 aliphatic heterocycles. The van der Waals surface area contributed by atoms with Gasteiger partial charge in [-0.05, 0) is 41.7 Å².